The van der Waals surface area contributed by atoms with Crippen LogP contribution in [-0.4, -0.2) is 50.8 Å². The summed E-state index contributed by atoms with van der Waals surface area (Å²) in [7, 11) is 1.83. The van der Waals surface area contributed by atoms with Crippen molar-refractivity contribution in [2.45, 2.75) is 19.4 Å². The van der Waals surface area contributed by atoms with E-state index in [4.69, 9.17) is 9.47 Å². The number of carbonyl (C=O) groups is 1. The third-order valence-corrected chi connectivity index (χ3v) is 4.74. The lowest BCUT2D eigenvalue weighted by atomic mass is 10.1. The Morgan fingerprint density at radius 3 is 2.48 bits per heavy atom. The maximum atomic E-state index is 12.4. The van der Waals surface area contributed by atoms with Crippen LogP contribution in [-0.2, 0) is 16.1 Å². The fraction of sp³-hybridized carbons (Fsp3) is 0.409. The molecule has 27 heavy (non-hydrogen) atoms. The summed E-state index contributed by atoms with van der Waals surface area (Å²) in [6.45, 7) is 3.67. The summed E-state index contributed by atoms with van der Waals surface area (Å²) in [5.41, 5.74) is 2.43. The molecule has 0 saturated carbocycles. The number of ether oxygens (including phenoxy) is 2. The predicted molar refractivity (Wildman–Crippen MR) is 107 cm³/mol. The average molecular weight is 368 g/mol. The van der Waals surface area contributed by atoms with E-state index >= 15 is 0 Å². The number of rotatable bonds is 9. The van der Waals surface area contributed by atoms with E-state index in [0.717, 1.165) is 18.8 Å². The Hall–Kier alpha value is -2.53. The molecular formula is C22H28N2O3. The molecule has 0 radical (unpaired) electrons. The SMILES string of the molecule is CN(Cc1ccccc1N1CCCC1)C(=O)COCCOc1ccccc1. The molecule has 5 heteroatoms. The Bertz CT molecular complexity index is 715. The van der Waals surface area contributed by atoms with E-state index in [1.165, 1.54) is 24.1 Å². The Balaban J connectivity index is 1.41. The normalized spacial score (nSPS) is 13.6. The van der Waals surface area contributed by atoms with E-state index in [9.17, 15) is 4.79 Å². The van der Waals surface area contributed by atoms with Crippen LogP contribution in [0.5, 0.6) is 5.75 Å². The van der Waals surface area contributed by atoms with Gasteiger partial charge in [0.05, 0.1) is 6.61 Å². The molecule has 1 saturated heterocycles. The van der Waals surface area contributed by atoms with Gasteiger partial charge in [-0.1, -0.05) is 36.4 Å². The number of anilines is 1. The van der Waals surface area contributed by atoms with Crippen molar-refractivity contribution in [1.82, 2.24) is 4.90 Å². The van der Waals surface area contributed by atoms with Crippen molar-refractivity contribution in [1.29, 1.82) is 0 Å². The van der Waals surface area contributed by atoms with Gasteiger partial charge >= 0.3 is 0 Å². The summed E-state index contributed by atoms with van der Waals surface area (Å²) in [4.78, 5) is 16.5. The van der Waals surface area contributed by atoms with E-state index in [1.807, 2.05) is 43.4 Å². The van der Waals surface area contributed by atoms with Crippen molar-refractivity contribution in [2.24, 2.45) is 0 Å². The van der Waals surface area contributed by atoms with Crippen molar-refractivity contribution in [3.8, 4) is 5.75 Å². The first kappa shape index (κ1) is 19.2. The van der Waals surface area contributed by atoms with Crippen molar-refractivity contribution < 1.29 is 14.3 Å². The van der Waals surface area contributed by atoms with Gasteiger partial charge in [-0.2, -0.15) is 0 Å². The Morgan fingerprint density at radius 1 is 1.00 bits per heavy atom. The fourth-order valence-corrected chi connectivity index (χ4v) is 3.26. The van der Waals surface area contributed by atoms with Crippen LogP contribution < -0.4 is 9.64 Å². The molecule has 1 amide bonds. The Labute approximate surface area is 161 Å². The zero-order valence-electron chi connectivity index (χ0n) is 16.0. The highest BCUT2D eigenvalue weighted by molar-refractivity contribution is 5.77. The monoisotopic (exact) mass is 368 g/mol. The molecule has 5 nitrogen and oxygen atoms in total. The van der Waals surface area contributed by atoms with Gasteiger partial charge in [0.15, 0.2) is 0 Å². The minimum Gasteiger partial charge on any atom is -0.491 e. The predicted octanol–water partition coefficient (Wildman–Crippen LogP) is 3.34. The van der Waals surface area contributed by atoms with Crippen LogP contribution in [0.3, 0.4) is 0 Å². The summed E-state index contributed by atoms with van der Waals surface area (Å²) >= 11 is 0. The van der Waals surface area contributed by atoms with Crippen molar-refractivity contribution in [3.63, 3.8) is 0 Å². The van der Waals surface area contributed by atoms with Gasteiger partial charge in [-0.25, -0.2) is 0 Å². The van der Waals surface area contributed by atoms with Crippen LogP contribution in [0.4, 0.5) is 5.69 Å². The van der Waals surface area contributed by atoms with Crippen LogP contribution >= 0.6 is 0 Å². The first-order chi connectivity index (χ1) is 13.2. The van der Waals surface area contributed by atoms with Gasteiger partial charge in [0.2, 0.25) is 5.91 Å². The van der Waals surface area contributed by atoms with Crippen LogP contribution in [0.2, 0.25) is 0 Å². The average Bonchev–Trinajstić information content (AvgIpc) is 3.23. The number of hydrogen-bond donors (Lipinski definition) is 0. The molecular weight excluding hydrogens is 340 g/mol. The van der Waals surface area contributed by atoms with Crippen LogP contribution in [0.25, 0.3) is 0 Å². The first-order valence-electron chi connectivity index (χ1n) is 9.56. The molecule has 1 aliphatic rings. The number of carbonyl (C=O) groups excluding carboxylic acids is 1. The third kappa shape index (κ3) is 5.73. The maximum Gasteiger partial charge on any atom is 0.248 e. The topological polar surface area (TPSA) is 42.0 Å². The molecule has 1 fully saturated rings. The summed E-state index contributed by atoms with van der Waals surface area (Å²) in [6, 6.07) is 17.9. The smallest absolute Gasteiger partial charge is 0.248 e. The highest BCUT2D eigenvalue weighted by Gasteiger charge is 2.17. The number of para-hydroxylation sites is 2. The molecule has 3 rings (SSSR count). The van der Waals surface area contributed by atoms with Gasteiger partial charge in [-0.3, -0.25) is 4.79 Å². The largest absolute Gasteiger partial charge is 0.491 e. The highest BCUT2D eigenvalue weighted by Crippen LogP contribution is 2.25. The lowest BCUT2D eigenvalue weighted by Gasteiger charge is -2.24. The molecule has 0 N–H and O–H groups in total. The van der Waals surface area contributed by atoms with E-state index in [-0.39, 0.29) is 12.5 Å². The van der Waals surface area contributed by atoms with Crippen LogP contribution in [0.15, 0.2) is 54.6 Å². The van der Waals surface area contributed by atoms with Crippen molar-refractivity contribution in [2.75, 3.05) is 44.9 Å². The summed E-state index contributed by atoms with van der Waals surface area (Å²) in [5, 5.41) is 0. The summed E-state index contributed by atoms with van der Waals surface area (Å²) in [5.74, 6) is 0.786. The van der Waals surface area contributed by atoms with Gasteiger partial charge in [-0.15, -0.1) is 0 Å². The molecule has 0 aromatic heterocycles. The molecule has 1 heterocycles. The zero-order chi connectivity index (χ0) is 18.9. The Kier molecular flexibility index (Phi) is 7.11. The van der Waals surface area contributed by atoms with Gasteiger partial charge < -0.3 is 19.3 Å². The molecule has 1 aliphatic heterocycles. The van der Waals surface area contributed by atoms with Crippen molar-refractivity contribution >= 4 is 11.6 Å². The minimum atomic E-state index is -0.0223. The zero-order valence-corrected chi connectivity index (χ0v) is 16.0. The molecule has 0 spiro atoms. The van der Waals surface area contributed by atoms with Crippen LogP contribution in [0, 0.1) is 0 Å². The molecule has 0 bridgehead atoms. The number of likely N-dealkylation sites (N-methyl/N-ethyl adjacent to an activating group) is 1. The third-order valence-electron chi connectivity index (χ3n) is 4.74. The second kappa shape index (κ2) is 9.97. The summed E-state index contributed by atoms with van der Waals surface area (Å²) < 4.78 is 11.0. The first-order valence-corrected chi connectivity index (χ1v) is 9.56. The summed E-state index contributed by atoms with van der Waals surface area (Å²) in [6.07, 6.45) is 2.48. The minimum absolute atomic E-state index is 0.0223. The fourth-order valence-electron chi connectivity index (χ4n) is 3.26. The van der Waals surface area contributed by atoms with Crippen LogP contribution in [0.1, 0.15) is 18.4 Å². The number of nitrogens with zero attached hydrogens (tertiary/aromatic N) is 2. The lowest BCUT2D eigenvalue weighted by Crippen LogP contribution is -2.31. The lowest BCUT2D eigenvalue weighted by molar-refractivity contribution is -0.135. The number of amides is 1. The maximum absolute atomic E-state index is 12.4. The molecule has 2 aromatic rings. The Morgan fingerprint density at radius 2 is 1.70 bits per heavy atom. The quantitative estimate of drug-likeness (QED) is 0.637. The van der Waals surface area contributed by atoms with E-state index in [2.05, 4.69) is 23.1 Å². The second-order valence-corrected chi connectivity index (χ2v) is 6.79. The van der Waals surface area contributed by atoms with Crippen molar-refractivity contribution in [3.05, 3.63) is 60.2 Å². The molecule has 0 unspecified atom stereocenters. The molecule has 144 valence electrons. The van der Waals surface area contributed by atoms with Gasteiger partial charge in [0.25, 0.3) is 0 Å². The number of hydrogen-bond acceptors (Lipinski definition) is 4. The second-order valence-electron chi connectivity index (χ2n) is 6.79. The van der Waals surface area contributed by atoms with Gasteiger partial charge in [0.1, 0.15) is 19.0 Å². The molecule has 0 aliphatic carbocycles. The van der Waals surface area contributed by atoms with E-state index in [0.29, 0.717) is 19.8 Å². The van der Waals surface area contributed by atoms with Gasteiger partial charge in [-0.05, 0) is 36.6 Å². The highest BCUT2D eigenvalue weighted by atomic mass is 16.5. The van der Waals surface area contributed by atoms with E-state index < -0.39 is 0 Å². The number of benzene rings is 2. The molecule has 0 atom stereocenters. The molecule has 2 aromatic carbocycles. The van der Waals surface area contributed by atoms with E-state index in [1.54, 1.807) is 4.90 Å². The van der Waals surface area contributed by atoms with Gasteiger partial charge in [0, 0.05) is 32.4 Å². The standard InChI is InChI=1S/C22H28N2O3/c1-23(17-19-9-5-6-12-21(19)24-13-7-8-14-24)22(25)18-26-15-16-27-20-10-3-2-4-11-20/h2-6,9-12H,7-8,13-18H2,1H3.